The highest BCUT2D eigenvalue weighted by Crippen LogP contribution is 2.60. The van der Waals surface area contributed by atoms with Crippen LogP contribution in [0, 0.1) is 0 Å². The van der Waals surface area contributed by atoms with Crippen LogP contribution in [-0.4, -0.2) is 156 Å². The number of cyclic esters (lactones) is 1. The Hall–Kier alpha value is -8.92. The van der Waals surface area contributed by atoms with Crippen LogP contribution in [0.25, 0.3) is 11.1 Å². The van der Waals surface area contributed by atoms with E-state index >= 15 is 0 Å². The average molecular weight is 953 g/mol. The van der Waals surface area contributed by atoms with E-state index in [-0.39, 0.29) is 6.08 Å². The maximum atomic E-state index is 14.6. The lowest BCUT2D eigenvalue weighted by Gasteiger charge is -2.44. The second-order valence-corrected chi connectivity index (χ2v) is 15.5. The van der Waals surface area contributed by atoms with E-state index in [2.05, 4.69) is 0 Å². The van der Waals surface area contributed by atoms with Gasteiger partial charge in [0.25, 0.3) is 11.6 Å². The zero-order valence-corrected chi connectivity index (χ0v) is 33.2. The first-order valence-electron chi connectivity index (χ1n) is 19.1. The molecule has 1 aliphatic carbocycles. The number of rotatable bonds is 2. The van der Waals surface area contributed by atoms with Gasteiger partial charge in [0.2, 0.25) is 35.4 Å². The minimum absolute atomic E-state index is 0.207. The molecule has 0 radical (unpaired) electrons. The normalized spacial score (nSPS) is 25.7. The lowest BCUT2D eigenvalue weighted by molar-refractivity contribution is -0.323. The highest BCUT2D eigenvalue weighted by atomic mass is 16.8. The van der Waals surface area contributed by atoms with E-state index in [1.54, 1.807) is 0 Å². The molecule has 5 unspecified atom stereocenters. The topological polar surface area (TPSA) is 450 Å². The van der Waals surface area contributed by atoms with Gasteiger partial charge in [-0.3, -0.25) is 4.79 Å². The number of aromatic hydroxyl groups is 11. The van der Waals surface area contributed by atoms with Gasteiger partial charge in [0, 0.05) is 16.7 Å². The first-order chi connectivity index (χ1) is 31.9. The predicted molar refractivity (Wildman–Crippen MR) is 204 cm³/mol. The number of hydrogen-bond acceptors (Lipinski definition) is 27. The van der Waals surface area contributed by atoms with Crippen molar-refractivity contribution in [2.75, 3.05) is 6.61 Å². The van der Waals surface area contributed by atoms with Crippen LogP contribution in [0.3, 0.4) is 0 Å². The van der Waals surface area contributed by atoms with Crippen molar-refractivity contribution in [1.82, 2.24) is 0 Å². The summed E-state index contributed by atoms with van der Waals surface area (Å²) in [5.74, 6) is -36.2. The molecule has 1 fully saturated rings. The average Bonchev–Trinajstić information content (AvgIpc) is 3.61. The fourth-order valence-corrected chi connectivity index (χ4v) is 8.26. The van der Waals surface area contributed by atoms with Gasteiger partial charge in [0.15, 0.2) is 64.0 Å². The van der Waals surface area contributed by atoms with Crippen LogP contribution in [0.1, 0.15) is 52.9 Å². The van der Waals surface area contributed by atoms with E-state index in [1.165, 1.54) is 0 Å². The molecule has 27 heteroatoms. The lowest BCUT2D eigenvalue weighted by Crippen LogP contribution is -2.66. The second kappa shape index (κ2) is 14.8. The van der Waals surface area contributed by atoms with Crippen LogP contribution < -0.4 is 4.74 Å². The Morgan fingerprint density at radius 1 is 0.574 bits per heavy atom. The van der Waals surface area contributed by atoms with Crippen LogP contribution in [-0.2, 0) is 38.0 Å². The monoisotopic (exact) mass is 952 g/mol. The number of benzene rings is 4. The second-order valence-electron chi connectivity index (χ2n) is 15.5. The van der Waals surface area contributed by atoms with E-state index in [0.717, 1.165) is 0 Å². The first kappa shape index (κ1) is 44.3. The summed E-state index contributed by atoms with van der Waals surface area (Å²) in [7, 11) is 0. The van der Waals surface area contributed by atoms with Crippen LogP contribution in [0.15, 0.2) is 42.0 Å². The number of esters is 5. The van der Waals surface area contributed by atoms with E-state index in [4.69, 9.17) is 33.2 Å². The van der Waals surface area contributed by atoms with Crippen molar-refractivity contribution in [2.24, 2.45) is 0 Å². The molecule has 0 saturated carbocycles. The molecule has 68 heavy (non-hydrogen) atoms. The van der Waals surface area contributed by atoms with Crippen molar-refractivity contribution in [2.45, 2.75) is 48.2 Å². The summed E-state index contributed by atoms with van der Waals surface area (Å²) in [6, 6.07) is 2.36. The molecule has 0 amide bonds. The van der Waals surface area contributed by atoms with Crippen molar-refractivity contribution in [1.29, 1.82) is 0 Å². The summed E-state index contributed by atoms with van der Waals surface area (Å²) in [5.41, 5.74) is -8.25. The number of aliphatic hydroxyl groups is 3. The molecule has 354 valence electrons. The molecule has 27 nitrogen and oxygen atoms in total. The maximum Gasteiger partial charge on any atom is 0.340 e. The van der Waals surface area contributed by atoms with Gasteiger partial charge in [-0.15, -0.1) is 0 Å². The molecular weight excluding hydrogens is 924 g/mol. The zero-order chi connectivity index (χ0) is 49.4. The van der Waals surface area contributed by atoms with Crippen LogP contribution in [0.2, 0.25) is 0 Å². The Morgan fingerprint density at radius 2 is 1.07 bits per heavy atom. The molecule has 0 aromatic heterocycles. The number of ketones is 1. The largest absolute Gasteiger partial charge is 0.504 e. The third kappa shape index (κ3) is 6.21. The third-order valence-corrected chi connectivity index (χ3v) is 11.5. The quantitative estimate of drug-likeness (QED) is 0.0491. The summed E-state index contributed by atoms with van der Waals surface area (Å²) < 4.78 is 39.1. The number of phenolic OH excluding ortho intramolecular Hbond substituents is 11. The van der Waals surface area contributed by atoms with Gasteiger partial charge in [0.05, 0.1) is 33.7 Å². The molecule has 5 aliphatic rings. The number of ether oxygens (including phenoxy) is 7. The molecule has 4 aromatic carbocycles. The van der Waals surface area contributed by atoms with Gasteiger partial charge in [-0.1, -0.05) is 0 Å². The van der Waals surface area contributed by atoms with Gasteiger partial charge >= 0.3 is 29.8 Å². The standard InChI is InChI=1S/C41H28O27/c42-13-1-8(2-14(43)24(13)48)34(54)67-39-33-32-30(64-38(58)12-6-19(47)40(59,60)41(61)23(12)22-11(37(57)66-33)5-17(46)27(51)31(22)68-41)18(63-39)7-62-35(55)9-3-15(44)25(49)28(52)20(9)21-10(36(56)65-32)4-16(45)26(50)29(21)53/h1-6,18,23,30,32-33,39,42-46,48-53,59-61H,7H2/t18?,23-,30?,32?,33?,39?,41+/m0/s1. The minimum Gasteiger partial charge on any atom is -0.504 e. The van der Waals surface area contributed by atoms with Crippen molar-refractivity contribution in [3.63, 3.8) is 0 Å². The Bertz CT molecular complexity index is 3020. The van der Waals surface area contributed by atoms with E-state index < -0.39 is 204 Å². The number of carbonyl (C=O) groups excluding carboxylic acids is 6. The number of hydrogen-bond donors (Lipinski definition) is 14. The Morgan fingerprint density at radius 3 is 1.68 bits per heavy atom. The van der Waals surface area contributed by atoms with Gasteiger partial charge in [-0.2, -0.15) is 0 Å². The van der Waals surface area contributed by atoms with E-state index in [0.29, 0.717) is 30.3 Å². The van der Waals surface area contributed by atoms with Gasteiger partial charge in [-0.25, -0.2) is 24.0 Å². The van der Waals surface area contributed by atoms with Crippen molar-refractivity contribution in [3.05, 3.63) is 69.8 Å². The fraction of sp³-hybridized carbons (Fsp3) is 0.220. The Kier molecular flexibility index (Phi) is 9.64. The van der Waals surface area contributed by atoms with Crippen LogP contribution in [0.5, 0.6) is 69.0 Å². The minimum atomic E-state index is -4.02. The van der Waals surface area contributed by atoms with Crippen LogP contribution >= 0.6 is 0 Å². The summed E-state index contributed by atoms with van der Waals surface area (Å²) in [4.78, 5) is 84.6. The van der Waals surface area contributed by atoms with Crippen molar-refractivity contribution >= 4 is 35.6 Å². The molecule has 4 heterocycles. The summed E-state index contributed by atoms with van der Waals surface area (Å²) >= 11 is 0. The molecule has 1 saturated heterocycles. The Labute approximate surface area is 373 Å². The van der Waals surface area contributed by atoms with Gasteiger partial charge in [0.1, 0.15) is 12.7 Å². The molecular formula is C41H28O27. The molecule has 4 bridgehead atoms. The van der Waals surface area contributed by atoms with Crippen LogP contribution in [0.4, 0.5) is 0 Å². The van der Waals surface area contributed by atoms with E-state index in [1.807, 2.05) is 0 Å². The highest BCUT2D eigenvalue weighted by molar-refractivity contribution is 6.09. The fourth-order valence-electron chi connectivity index (χ4n) is 8.26. The van der Waals surface area contributed by atoms with Gasteiger partial charge < -0.3 is 105 Å². The summed E-state index contributed by atoms with van der Waals surface area (Å²) in [6.07, 6.45) is -12.1. The maximum absolute atomic E-state index is 14.6. The van der Waals surface area contributed by atoms with Crippen molar-refractivity contribution < 1.29 is 133 Å². The SMILES string of the molecule is O=C1OC2C3COC(=O)c4cc(O)c(O)c(O)c4-c4c(cc(O)c(O)c4O)C(=O)OC2C(OC(=O)c2cc(O)c(O)c4c2[C@@H]2C1=CC(=O)C(O)(O)[C@]2(O)O4)C(OC(=O)c1cc(O)c(O)c(O)c1)O3. The molecule has 4 aromatic rings. The predicted octanol–water partition coefficient (Wildman–Crippen LogP) is -1.10. The molecule has 7 atom stereocenters. The third-order valence-electron chi connectivity index (χ3n) is 11.5. The summed E-state index contributed by atoms with van der Waals surface area (Å²) in [5, 5.41) is 150. The molecule has 14 N–H and O–H groups in total. The summed E-state index contributed by atoms with van der Waals surface area (Å²) in [6.45, 7) is -1.31. The number of fused-ring (bicyclic) bond motifs is 3. The number of phenols is 11. The molecule has 4 aliphatic heterocycles. The van der Waals surface area contributed by atoms with Crippen molar-refractivity contribution in [3.8, 4) is 80.1 Å². The molecule has 0 spiro atoms. The lowest BCUT2D eigenvalue weighted by atomic mass is 9.74. The smallest absolute Gasteiger partial charge is 0.340 e. The zero-order valence-electron chi connectivity index (χ0n) is 33.2. The van der Waals surface area contributed by atoms with Gasteiger partial charge in [-0.05, 0) is 36.4 Å². The Balaban J connectivity index is 1.29. The number of carbonyl (C=O) groups is 6. The van der Waals surface area contributed by atoms with E-state index in [9.17, 15) is 100 Å². The molecule has 9 rings (SSSR count). The highest BCUT2D eigenvalue weighted by Gasteiger charge is 2.70. The first-order valence-corrected chi connectivity index (χ1v) is 19.1.